The average Bonchev–Trinajstić information content (AvgIpc) is 2.88. The van der Waals surface area contributed by atoms with E-state index in [1.807, 2.05) is 41.5 Å². The predicted octanol–water partition coefficient (Wildman–Crippen LogP) is -0.137. The third-order valence-corrected chi connectivity index (χ3v) is 7.01. The average molecular weight is 601 g/mol. The lowest BCUT2D eigenvalue weighted by Crippen LogP contribution is -2.61. The number of pyridine rings is 1. The summed E-state index contributed by atoms with van der Waals surface area (Å²) in [6.45, 7) is 11.7. The van der Waals surface area contributed by atoms with Crippen LogP contribution in [0.25, 0.3) is 0 Å². The molecule has 0 radical (unpaired) electrons. The smallest absolute Gasteiger partial charge is 0.253 e. The molecule has 2 atom stereocenters. The zero-order chi connectivity index (χ0) is 32.3. The molecule has 3 N–H and O–H groups in total. The number of carbonyl (C=O) groups is 7. The molecule has 2 unspecified atom stereocenters. The van der Waals surface area contributed by atoms with Gasteiger partial charge in [-0.25, -0.2) is 0 Å². The van der Waals surface area contributed by atoms with Gasteiger partial charge in [0, 0.05) is 49.1 Å². The lowest BCUT2D eigenvalue weighted by atomic mass is 9.94. The van der Waals surface area contributed by atoms with Crippen LogP contribution in [-0.2, 0) is 28.8 Å². The number of amides is 7. The second-order valence-corrected chi connectivity index (χ2v) is 12.9. The molecule has 3 aliphatic rings. The second-order valence-electron chi connectivity index (χ2n) is 12.9. The summed E-state index contributed by atoms with van der Waals surface area (Å²) in [5, 5.41) is 7.25. The number of imide groups is 2. The predicted molar refractivity (Wildman–Crippen MR) is 153 cm³/mol. The molecule has 1 aromatic rings. The molecule has 3 fully saturated rings. The standard InChI is InChI=1S/C15H19N3O4.C14H21N3O4/c1-15(2,3)17-13(21)9-4-7-12(20)18(8-9)10-5-6-11(19)16-14(10)22;1-14(2,3)13(21)16-6-7-17(11(19)8-16)9-4-5-10(18)15-12(9)20/h4,7-8,10H,5-6H2,1-3H3,(H,17,21)(H,16,19,22);9H,4-8H2,1-3H3,(H,15,18,20). The molecule has 3 aliphatic heterocycles. The van der Waals surface area contributed by atoms with E-state index >= 15 is 0 Å². The van der Waals surface area contributed by atoms with Crippen molar-refractivity contribution in [2.75, 3.05) is 19.6 Å². The minimum absolute atomic E-state index is 0.00612. The summed E-state index contributed by atoms with van der Waals surface area (Å²) in [4.78, 5) is 97.6. The maximum absolute atomic E-state index is 12.2. The van der Waals surface area contributed by atoms with Crippen molar-refractivity contribution in [3.63, 3.8) is 0 Å². The summed E-state index contributed by atoms with van der Waals surface area (Å²) in [5.41, 5.74) is -1.04. The number of hydrogen-bond acceptors (Lipinski definition) is 8. The maximum atomic E-state index is 12.2. The van der Waals surface area contributed by atoms with Gasteiger partial charge < -0.3 is 19.7 Å². The molecule has 0 saturated carbocycles. The molecule has 1 aromatic heterocycles. The Kier molecular flexibility index (Phi) is 9.93. The van der Waals surface area contributed by atoms with E-state index in [9.17, 15) is 38.4 Å². The number of piperidine rings is 2. The van der Waals surface area contributed by atoms with Crippen molar-refractivity contribution in [1.82, 2.24) is 30.3 Å². The second kappa shape index (κ2) is 12.9. The highest BCUT2D eigenvalue weighted by atomic mass is 16.2. The largest absolute Gasteiger partial charge is 0.347 e. The number of carbonyl (C=O) groups excluding carboxylic acids is 7. The number of nitrogens with zero attached hydrogens (tertiary/aromatic N) is 3. The van der Waals surface area contributed by atoms with Gasteiger partial charge in [-0.05, 0) is 39.7 Å². The Morgan fingerprint density at radius 3 is 1.86 bits per heavy atom. The maximum Gasteiger partial charge on any atom is 0.253 e. The van der Waals surface area contributed by atoms with Crippen LogP contribution in [0, 0.1) is 5.41 Å². The normalized spacial score (nSPS) is 21.4. The summed E-state index contributed by atoms with van der Waals surface area (Å²) in [6, 6.07) is 1.31. The molecule has 43 heavy (non-hydrogen) atoms. The van der Waals surface area contributed by atoms with Gasteiger partial charge in [0.1, 0.15) is 12.1 Å². The van der Waals surface area contributed by atoms with Gasteiger partial charge in [0.05, 0.1) is 12.1 Å². The van der Waals surface area contributed by atoms with Crippen molar-refractivity contribution >= 4 is 41.4 Å². The molecular formula is C29H40N6O8. The first-order chi connectivity index (χ1) is 19.9. The van der Waals surface area contributed by atoms with E-state index in [-0.39, 0.29) is 60.9 Å². The van der Waals surface area contributed by atoms with Crippen LogP contribution in [0.5, 0.6) is 0 Å². The van der Waals surface area contributed by atoms with Crippen LogP contribution < -0.4 is 21.5 Å². The Bertz CT molecular complexity index is 1390. The quantitative estimate of drug-likeness (QED) is 0.401. The van der Waals surface area contributed by atoms with Crippen LogP contribution in [0.3, 0.4) is 0 Å². The zero-order valence-corrected chi connectivity index (χ0v) is 25.4. The van der Waals surface area contributed by atoms with Crippen LogP contribution in [0.4, 0.5) is 0 Å². The van der Waals surface area contributed by atoms with Gasteiger partial charge >= 0.3 is 0 Å². The zero-order valence-electron chi connectivity index (χ0n) is 25.4. The van der Waals surface area contributed by atoms with Crippen LogP contribution in [0.15, 0.2) is 23.1 Å². The van der Waals surface area contributed by atoms with E-state index in [4.69, 9.17) is 0 Å². The minimum Gasteiger partial charge on any atom is -0.347 e. The molecule has 4 rings (SSSR count). The van der Waals surface area contributed by atoms with Gasteiger partial charge in [-0.2, -0.15) is 0 Å². The Morgan fingerprint density at radius 1 is 0.814 bits per heavy atom. The minimum atomic E-state index is -0.771. The van der Waals surface area contributed by atoms with Gasteiger partial charge in [0.2, 0.25) is 35.4 Å². The molecule has 0 aliphatic carbocycles. The van der Waals surface area contributed by atoms with Gasteiger partial charge in [0.25, 0.3) is 11.5 Å². The SMILES string of the molecule is CC(C)(C)C(=O)N1CCN(C2CCC(=O)NC2=O)C(=O)C1.CC(C)(C)NC(=O)c1ccc(=O)n(C2CCC(=O)NC2=O)c1. The van der Waals surface area contributed by atoms with Crippen molar-refractivity contribution < 1.29 is 33.6 Å². The molecule has 14 heteroatoms. The van der Waals surface area contributed by atoms with Crippen molar-refractivity contribution in [3.8, 4) is 0 Å². The Balaban J connectivity index is 0.000000236. The van der Waals surface area contributed by atoms with Gasteiger partial charge in [-0.15, -0.1) is 0 Å². The van der Waals surface area contributed by atoms with E-state index < -0.39 is 34.9 Å². The number of nitrogens with one attached hydrogen (secondary N) is 3. The molecule has 3 saturated heterocycles. The van der Waals surface area contributed by atoms with E-state index in [2.05, 4.69) is 16.0 Å². The first-order valence-corrected chi connectivity index (χ1v) is 14.2. The molecule has 14 nitrogen and oxygen atoms in total. The van der Waals surface area contributed by atoms with Crippen LogP contribution in [0.1, 0.15) is 83.6 Å². The van der Waals surface area contributed by atoms with E-state index in [0.29, 0.717) is 25.1 Å². The number of aromatic nitrogens is 1. The highest BCUT2D eigenvalue weighted by molar-refractivity contribution is 6.02. The van der Waals surface area contributed by atoms with Crippen LogP contribution >= 0.6 is 0 Å². The summed E-state index contributed by atoms with van der Waals surface area (Å²) in [5.74, 6) is -2.23. The van der Waals surface area contributed by atoms with E-state index in [1.165, 1.54) is 32.7 Å². The highest BCUT2D eigenvalue weighted by Gasteiger charge is 2.39. The fourth-order valence-electron chi connectivity index (χ4n) is 4.88. The Morgan fingerprint density at radius 2 is 1.37 bits per heavy atom. The molecular weight excluding hydrogens is 560 g/mol. The van der Waals surface area contributed by atoms with Gasteiger partial charge in [-0.1, -0.05) is 20.8 Å². The van der Waals surface area contributed by atoms with Crippen molar-refractivity contribution in [1.29, 1.82) is 0 Å². The van der Waals surface area contributed by atoms with Gasteiger partial charge in [0.15, 0.2) is 0 Å². The summed E-state index contributed by atoms with van der Waals surface area (Å²) in [7, 11) is 0. The molecule has 0 bridgehead atoms. The summed E-state index contributed by atoms with van der Waals surface area (Å²) >= 11 is 0. The van der Waals surface area contributed by atoms with Crippen molar-refractivity contribution in [2.45, 2.75) is 84.8 Å². The van der Waals surface area contributed by atoms with Crippen LogP contribution in [0.2, 0.25) is 0 Å². The molecule has 0 spiro atoms. The Labute approximate surface area is 249 Å². The summed E-state index contributed by atoms with van der Waals surface area (Å²) < 4.78 is 1.21. The number of hydrogen-bond donors (Lipinski definition) is 3. The lowest BCUT2D eigenvalue weighted by molar-refractivity contribution is -0.155. The highest BCUT2D eigenvalue weighted by Crippen LogP contribution is 2.21. The monoisotopic (exact) mass is 600 g/mol. The Hall–Kier alpha value is -4.36. The number of piperazine rings is 1. The van der Waals surface area contributed by atoms with Crippen molar-refractivity contribution in [3.05, 3.63) is 34.2 Å². The fraction of sp³-hybridized carbons (Fsp3) is 0.586. The van der Waals surface area contributed by atoms with E-state index in [1.54, 1.807) is 0 Å². The first kappa shape index (κ1) is 33.1. The first-order valence-electron chi connectivity index (χ1n) is 14.2. The topological polar surface area (TPSA) is 184 Å². The van der Waals surface area contributed by atoms with E-state index in [0.717, 1.165) is 0 Å². The lowest BCUT2D eigenvalue weighted by Gasteiger charge is -2.40. The molecule has 4 heterocycles. The summed E-state index contributed by atoms with van der Waals surface area (Å²) in [6.07, 6.45) is 2.37. The molecule has 0 aromatic carbocycles. The molecule has 234 valence electrons. The van der Waals surface area contributed by atoms with Gasteiger partial charge in [-0.3, -0.25) is 49.0 Å². The third kappa shape index (κ3) is 8.58. The molecule has 7 amide bonds. The fourth-order valence-corrected chi connectivity index (χ4v) is 4.88. The third-order valence-electron chi connectivity index (χ3n) is 7.01. The van der Waals surface area contributed by atoms with Crippen molar-refractivity contribution in [2.24, 2.45) is 5.41 Å². The van der Waals surface area contributed by atoms with Crippen LogP contribution in [-0.4, -0.2) is 86.9 Å². The number of rotatable bonds is 3.